The normalized spacial score (nSPS) is 23.7. The van der Waals surface area contributed by atoms with E-state index in [0.717, 1.165) is 16.7 Å². The first kappa shape index (κ1) is 13.6. The molecule has 2 unspecified atom stereocenters. The molecular weight excluding hydrogens is 290 g/mol. The Balaban J connectivity index is 2.19. The summed E-state index contributed by atoms with van der Waals surface area (Å²) in [5, 5.41) is 0. The zero-order valence-electron chi connectivity index (χ0n) is 11.0. The predicted molar refractivity (Wildman–Crippen MR) is 79.4 cm³/mol. The fourth-order valence-electron chi connectivity index (χ4n) is 2.89. The van der Waals surface area contributed by atoms with Gasteiger partial charge in [0, 0.05) is 28.8 Å². The first-order chi connectivity index (χ1) is 8.63. The van der Waals surface area contributed by atoms with Crippen LogP contribution in [0.5, 0.6) is 0 Å². The number of aldehydes is 1. The monoisotopic (exact) mass is 309 g/mol. The molecule has 1 aromatic carbocycles. The number of carbonyl (C=O) groups excluding carboxylic acids is 1. The molecule has 1 fully saturated rings. The minimum Gasteiger partial charge on any atom is -0.371 e. The topological polar surface area (TPSA) is 20.3 Å². The van der Waals surface area contributed by atoms with Crippen LogP contribution in [-0.2, 0) is 0 Å². The fourth-order valence-corrected chi connectivity index (χ4v) is 3.35. The van der Waals surface area contributed by atoms with E-state index in [0.29, 0.717) is 11.6 Å². The van der Waals surface area contributed by atoms with Crippen molar-refractivity contribution < 1.29 is 4.79 Å². The number of hydrogen-bond acceptors (Lipinski definition) is 2. The highest BCUT2D eigenvalue weighted by Gasteiger charge is 2.25. The van der Waals surface area contributed by atoms with Crippen molar-refractivity contribution in [1.82, 2.24) is 0 Å². The molecule has 18 heavy (non-hydrogen) atoms. The summed E-state index contributed by atoms with van der Waals surface area (Å²) in [6, 6.07) is 6.59. The quantitative estimate of drug-likeness (QED) is 0.777. The van der Waals surface area contributed by atoms with Gasteiger partial charge in [0.15, 0.2) is 6.29 Å². The van der Waals surface area contributed by atoms with E-state index in [4.69, 9.17) is 0 Å². The van der Waals surface area contributed by atoms with Gasteiger partial charge in [0.25, 0.3) is 0 Å². The molecule has 1 aliphatic rings. The second-order valence-corrected chi connectivity index (χ2v) is 6.12. The van der Waals surface area contributed by atoms with Crippen LogP contribution < -0.4 is 4.90 Å². The van der Waals surface area contributed by atoms with Crippen LogP contribution in [-0.4, -0.2) is 19.4 Å². The molecule has 2 rings (SSSR count). The van der Waals surface area contributed by atoms with Gasteiger partial charge in [-0.15, -0.1) is 0 Å². The summed E-state index contributed by atoms with van der Waals surface area (Å²) in [6.07, 6.45) is 6.16. The highest BCUT2D eigenvalue weighted by Crippen LogP contribution is 2.31. The van der Waals surface area contributed by atoms with Crippen molar-refractivity contribution in [3.63, 3.8) is 0 Å². The molecule has 0 aromatic heterocycles. The van der Waals surface area contributed by atoms with Gasteiger partial charge in [-0.1, -0.05) is 19.8 Å². The Morgan fingerprint density at radius 3 is 2.67 bits per heavy atom. The van der Waals surface area contributed by atoms with Crippen LogP contribution in [0.2, 0.25) is 0 Å². The third kappa shape index (κ3) is 2.77. The number of anilines is 1. The van der Waals surface area contributed by atoms with Gasteiger partial charge < -0.3 is 4.90 Å². The van der Waals surface area contributed by atoms with Crippen molar-refractivity contribution >= 4 is 27.9 Å². The van der Waals surface area contributed by atoms with Crippen molar-refractivity contribution in [1.29, 1.82) is 0 Å². The Bertz CT molecular complexity index is 433. The Morgan fingerprint density at radius 2 is 2.06 bits per heavy atom. The van der Waals surface area contributed by atoms with Gasteiger partial charge in [-0.05, 0) is 52.9 Å². The number of carbonyl (C=O) groups is 1. The number of benzene rings is 1. The van der Waals surface area contributed by atoms with Gasteiger partial charge in [0.2, 0.25) is 0 Å². The van der Waals surface area contributed by atoms with Crippen molar-refractivity contribution in [3.8, 4) is 0 Å². The van der Waals surface area contributed by atoms with Crippen LogP contribution in [0.25, 0.3) is 0 Å². The van der Waals surface area contributed by atoms with E-state index in [1.807, 2.05) is 18.2 Å². The molecule has 2 nitrogen and oxygen atoms in total. The standard InChI is InChI=1S/C15H20BrNO/c1-11-5-3-4-6-15(11)17(2)13-8-7-12(10-18)14(16)9-13/h7-11,15H,3-6H2,1-2H3. The van der Waals surface area contributed by atoms with E-state index >= 15 is 0 Å². The largest absolute Gasteiger partial charge is 0.371 e. The number of rotatable bonds is 3. The van der Waals surface area contributed by atoms with Gasteiger partial charge in [0.05, 0.1) is 0 Å². The molecule has 0 aliphatic heterocycles. The fraction of sp³-hybridized carbons (Fsp3) is 0.533. The van der Waals surface area contributed by atoms with E-state index in [-0.39, 0.29) is 0 Å². The number of hydrogen-bond donors (Lipinski definition) is 0. The Morgan fingerprint density at radius 1 is 1.33 bits per heavy atom. The van der Waals surface area contributed by atoms with Crippen molar-refractivity contribution in [2.75, 3.05) is 11.9 Å². The van der Waals surface area contributed by atoms with E-state index < -0.39 is 0 Å². The van der Waals surface area contributed by atoms with Crippen molar-refractivity contribution in [2.24, 2.45) is 5.92 Å². The minimum absolute atomic E-state index is 0.618. The molecule has 3 heteroatoms. The molecule has 0 bridgehead atoms. The summed E-state index contributed by atoms with van der Waals surface area (Å²) >= 11 is 3.46. The lowest BCUT2D eigenvalue weighted by Gasteiger charge is -2.37. The summed E-state index contributed by atoms with van der Waals surface area (Å²) in [4.78, 5) is 13.2. The SMILES string of the molecule is CC1CCCCC1N(C)c1ccc(C=O)c(Br)c1. The van der Waals surface area contributed by atoms with Crippen LogP contribution in [0.1, 0.15) is 43.0 Å². The van der Waals surface area contributed by atoms with Gasteiger partial charge >= 0.3 is 0 Å². The summed E-state index contributed by atoms with van der Waals surface area (Å²) < 4.78 is 0.880. The molecule has 0 spiro atoms. The van der Waals surface area contributed by atoms with Gasteiger partial charge in [0.1, 0.15) is 0 Å². The van der Waals surface area contributed by atoms with Crippen LogP contribution in [0.3, 0.4) is 0 Å². The molecule has 0 amide bonds. The molecule has 0 heterocycles. The summed E-state index contributed by atoms with van der Waals surface area (Å²) in [5.41, 5.74) is 1.90. The molecule has 2 atom stereocenters. The lowest BCUT2D eigenvalue weighted by Crippen LogP contribution is -2.39. The first-order valence-corrected chi connectivity index (χ1v) is 7.40. The highest BCUT2D eigenvalue weighted by atomic mass is 79.9. The van der Waals surface area contributed by atoms with Gasteiger partial charge in [-0.3, -0.25) is 4.79 Å². The smallest absolute Gasteiger partial charge is 0.151 e. The zero-order chi connectivity index (χ0) is 13.1. The average Bonchev–Trinajstić information content (AvgIpc) is 2.38. The molecule has 0 N–H and O–H groups in total. The average molecular weight is 310 g/mol. The van der Waals surface area contributed by atoms with Crippen LogP contribution in [0.4, 0.5) is 5.69 Å². The second-order valence-electron chi connectivity index (χ2n) is 5.26. The number of nitrogens with zero attached hydrogens (tertiary/aromatic N) is 1. The highest BCUT2D eigenvalue weighted by molar-refractivity contribution is 9.10. The van der Waals surface area contributed by atoms with Gasteiger partial charge in [-0.25, -0.2) is 0 Å². The molecule has 1 saturated carbocycles. The summed E-state index contributed by atoms with van der Waals surface area (Å²) in [5.74, 6) is 0.744. The summed E-state index contributed by atoms with van der Waals surface area (Å²) in [6.45, 7) is 2.34. The lowest BCUT2D eigenvalue weighted by molar-refractivity contribution is 0.112. The van der Waals surface area contributed by atoms with E-state index in [1.54, 1.807) is 0 Å². The molecule has 1 aliphatic carbocycles. The van der Waals surface area contributed by atoms with Gasteiger partial charge in [-0.2, -0.15) is 0 Å². The molecule has 0 saturated heterocycles. The second kappa shape index (κ2) is 5.87. The first-order valence-electron chi connectivity index (χ1n) is 6.61. The lowest BCUT2D eigenvalue weighted by atomic mass is 9.85. The van der Waals surface area contributed by atoms with Crippen LogP contribution >= 0.6 is 15.9 Å². The van der Waals surface area contributed by atoms with E-state index in [2.05, 4.69) is 34.8 Å². The van der Waals surface area contributed by atoms with Crippen LogP contribution in [0.15, 0.2) is 22.7 Å². The molecular formula is C15H20BrNO. The third-order valence-corrected chi connectivity index (χ3v) is 4.77. The van der Waals surface area contributed by atoms with Crippen molar-refractivity contribution in [3.05, 3.63) is 28.2 Å². The zero-order valence-corrected chi connectivity index (χ0v) is 12.6. The molecule has 1 aromatic rings. The Hall–Kier alpha value is -0.830. The van der Waals surface area contributed by atoms with Crippen molar-refractivity contribution in [2.45, 2.75) is 38.6 Å². The maximum absolute atomic E-state index is 10.8. The predicted octanol–water partition coefficient (Wildman–Crippen LogP) is 4.28. The minimum atomic E-state index is 0.618. The third-order valence-electron chi connectivity index (χ3n) is 4.08. The Labute approximate surface area is 117 Å². The maximum Gasteiger partial charge on any atom is 0.151 e. The Kier molecular flexibility index (Phi) is 4.44. The maximum atomic E-state index is 10.8. The van der Waals surface area contributed by atoms with E-state index in [9.17, 15) is 4.79 Å². The van der Waals surface area contributed by atoms with Crippen LogP contribution in [0, 0.1) is 5.92 Å². The summed E-state index contributed by atoms with van der Waals surface area (Å²) in [7, 11) is 2.16. The number of halogens is 1. The van der Waals surface area contributed by atoms with E-state index in [1.165, 1.54) is 31.4 Å². The molecule has 98 valence electrons. The molecule has 0 radical (unpaired) electrons.